The fraction of sp³-hybridized carbons (Fsp3) is 0. The Hall–Kier alpha value is -1.39. The second-order valence-corrected chi connectivity index (χ2v) is 1.17. The summed E-state index contributed by atoms with van der Waals surface area (Å²) in [7, 11) is 0. The Bertz CT molecular complexity index is 164. The molecule has 0 spiro atoms. The lowest BCUT2D eigenvalue weighted by atomic mass is 10.6. The van der Waals surface area contributed by atoms with Crippen LogP contribution in [-0.4, -0.2) is 10.2 Å². The summed E-state index contributed by atoms with van der Waals surface area (Å²) < 4.78 is 0. The van der Waals surface area contributed by atoms with Gasteiger partial charge in [0.2, 0.25) is 0 Å². The monoisotopic (exact) mass is 111 g/mol. The van der Waals surface area contributed by atoms with Crippen molar-refractivity contribution in [3.63, 3.8) is 0 Å². The van der Waals surface area contributed by atoms with E-state index in [-0.39, 0.29) is 0 Å². The van der Waals surface area contributed by atoms with Gasteiger partial charge in [-0.2, -0.15) is 5.10 Å². The normalized spacial score (nSPS) is 10.5. The number of hydrogen-bond donors (Lipinski definition) is 2. The highest BCUT2D eigenvalue weighted by atomic mass is 15.3. The van der Waals surface area contributed by atoms with Crippen molar-refractivity contribution >= 4 is 5.69 Å². The van der Waals surface area contributed by atoms with Gasteiger partial charge in [-0.05, 0) is 0 Å². The quantitative estimate of drug-likeness (QED) is 0.312. The van der Waals surface area contributed by atoms with Crippen molar-refractivity contribution in [3.8, 4) is 0 Å². The molecule has 1 heterocycles. The Morgan fingerprint density at radius 3 is 3.12 bits per heavy atom. The number of hydrogen-bond acceptors (Lipinski definition) is 3. The van der Waals surface area contributed by atoms with Gasteiger partial charge >= 0.3 is 0 Å². The van der Waals surface area contributed by atoms with Gasteiger partial charge in [-0.1, -0.05) is 5.22 Å². The Morgan fingerprint density at radius 2 is 2.62 bits per heavy atom. The number of aromatic nitrogens is 2. The first kappa shape index (κ1) is 4.76. The van der Waals surface area contributed by atoms with E-state index in [0.717, 1.165) is 0 Å². The number of nitrogens with two attached hydrogens (primary N) is 1. The molecule has 0 saturated heterocycles. The molecule has 5 heteroatoms. The zero-order chi connectivity index (χ0) is 5.82. The average Bonchev–Trinajstić information content (AvgIpc) is 2.19. The van der Waals surface area contributed by atoms with E-state index in [9.17, 15) is 0 Å². The average molecular weight is 111 g/mol. The van der Waals surface area contributed by atoms with Gasteiger partial charge in [0.15, 0.2) is 0 Å². The summed E-state index contributed by atoms with van der Waals surface area (Å²) in [4.78, 5) is 0. The van der Waals surface area contributed by atoms with E-state index in [1.807, 2.05) is 0 Å². The summed E-state index contributed by atoms with van der Waals surface area (Å²) in [6.07, 6.45) is 3.12. The lowest BCUT2D eigenvalue weighted by molar-refractivity contribution is 1.06. The maximum Gasteiger partial charge on any atom is 0.125 e. The molecule has 1 aromatic rings. The summed E-state index contributed by atoms with van der Waals surface area (Å²) >= 11 is 0. The predicted molar refractivity (Wildman–Crippen MR) is 27.3 cm³/mol. The summed E-state index contributed by atoms with van der Waals surface area (Å²) in [6.45, 7) is 0. The number of nitrogens with zero attached hydrogens (tertiary/aromatic N) is 3. The van der Waals surface area contributed by atoms with E-state index in [1.54, 1.807) is 6.20 Å². The molecule has 8 heavy (non-hydrogen) atoms. The molecule has 0 bridgehead atoms. The van der Waals surface area contributed by atoms with Crippen LogP contribution >= 0.6 is 0 Å². The number of H-pyrrole nitrogens is 1. The van der Waals surface area contributed by atoms with E-state index < -0.39 is 0 Å². The summed E-state index contributed by atoms with van der Waals surface area (Å²) in [5, 5.41) is 12.7. The largest absolute Gasteiger partial charge is 0.305 e. The van der Waals surface area contributed by atoms with Crippen molar-refractivity contribution in [2.45, 2.75) is 0 Å². The second-order valence-electron chi connectivity index (χ2n) is 1.17. The van der Waals surface area contributed by atoms with Gasteiger partial charge in [-0.3, -0.25) is 5.10 Å². The fourth-order valence-corrected chi connectivity index (χ4v) is 0.365. The minimum absolute atomic E-state index is 0.632. The topological polar surface area (TPSA) is 79.4 Å². The van der Waals surface area contributed by atoms with Crippen LogP contribution in [0.2, 0.25) is 0 Å². The molecule has 0 aliphatic rings. The minimum atomic E-state index is 0.632. The molecule has 1 rings (SSSR count). The van der Waals surface area contributed by atoms with Crippen molar-refractivity contribution in [2.75, 3.05) is 0 Å². The van der Waals surface area contributed by atoms with E-state index in [4.69, 9.17) is 5.84 Å². The van der Waals surface area contributed by atoms with Crippen molar-refractivity contribution < 1.29 is 0 Å². The van der Waals surface area contributed by atoms with Crippen molar-refractivity contribution in [3.05, 3.63) is 12.4 Å². The highest BCUT2D eigenvalue weighted by molar-refractivity contribution is 5.27. The van der Waals surface area contributed by atoms with E-state index >= 15 is 0 Å². The molecule has 0 aromatic carbocycles. The number of nitrogens with one attached hydrogen (secondary N) is 1. The third kappa shape index (κ3) is 0.810. The molecular weight excluding hydrogens is 106 g/mol. The summed E-state index contributed by atoms with van der Waals surface area (Å²) in [5.41, 5.74) is 0.632. The van der Waals surface area contributed by atoms with Gasteiger partial charge in [-0.25, -0.2) is 0 Å². The second kappa shape index (κ2) is 2.06. The maximum absolute atomic E-state index is 4.74. The molecule has 0 saturated carbocycles. The van der Waals surface area contributed by atoms with E-state index in [2.05, 4.69) is 20.5 Å². The van der Waals surface area contributed by atoms with Gasteiger partial charge in [0, 0.05) is 6.20 Å². The third-order valence-corrected chi connectivity index (χ3v) is 0.657. The molecule has 0 radical (unpaired) electrons. The van der Waals surface area contributed by atoms with E-state index in [0.29, 0.717) is 5.69 Å². The lowest BCUT2D eigenvalue weighted by Crippen LogP contribution is -1.71. The van der Waals surface area contributed by atoms with Crippen LogP contribution in [-0.2, 0) is 0 Å². The van der Waals surface area contributed by atoms with Crippen LogP contribution in [0.5, 0.6) is 0 Å². The molecule has 0 fully saturated rings. The van der Waals surface area contributed by atoms with Crippen molar-refractivity contribution in [1.82, 2.24) is 10.2 Å². The Kier molecular flexibility index (Phi) is 1.23. The van der Waals surface area contributed by atoms with Crippen LogP contribution in [0.25, 0.3) is 0 Å². The van der Waals surface area contributed by atoms with Gasteiger partial charge in [0.05, 0.1) is 6.20 Å². The molecule has 0 amide bonds. The fourth-order valence-electron chi connectivity index (χ4n) is 0.365. The van der Waals surface area contributed by atoms with Gasteiger partial charge in [-0.15, -0.1) is 5.11 Å². The molecule has 0 aliphatic carbocycles. The van der Waals surface area contributed by atoms with Crippen LogP contribution < -0.4 is 5.84 Å². The first-order chi connectivity index (χ1) is 3.93. The molecule has 42 valence electrons. The SMILES string of the molecule is NN=Nc1cn[nH]c1. The predicted octanol–water partition coefficient (Wildman–Crippen LogP) is 0.367. The minimum Gasteiger partial charge on any atom is -0.305 e. The standard InChI is InChI=1S/C3H5N5/c4-8-7-3-1-5-6-2-3/h1-2H,(H2,4,7)(H,5,6). The first-order valence-corrected chi connectivity index (χ1v) is 2.03. The Labute approximate surface area is 45.6 Å². The molecule has 1 aromatic heterocycles. The Morgan fingerprint density at radius 1 is 1.75 bits per heavy atom. The molecule has 5 nitrogen and oxygen atoms in total. The number of rotatable bonds is 1. The van der Waals surface area contributed by atoms with Crippen LogP contribution in [0.1, 0.15) is 0 Å². The first-order valence-electron chi connectivity index (χ1n) is 2.03. The smallest absolute Gasteiger partial charge is 0.125 e. The molecular formula is C3H5N5. The zero-order valence-corrected chi connectivity index (χ0v) is 4.07. The number of aromatic amines is 1. The maximum atomic E-state index is 4.74. The summed E-state index contributed by atoms with van der Waals surface area (Å²) in [6, 6.07) is 0. The van der Waals surface area contributed by atoms with Crippen LogP contribution in [0, 0.1) is 0 Å². The van der Waals surface area contributed by atoms with E-state index in [1.165, 1.54) is 6.20 Å². The lowest BCUT2D eigenvalue weighted by Gasteiger charge is -1.72. The molecule has 0 atom stereocenters. The highest BCUT2D eigenvalue weighted by Gasteiger charge is 1.83. The van der Waals surface area contributed by atoms with Crippen molar-refractivity contribution in [2.24, 2.45) is 16.2 Å². The zero-order valence-electron chi connectivity index (χ0n) is 4.07. The van der Waals surface area contributed by atoms with Gasteiger partial charge in [0.1, 0.15) is 5.69 Å². The van der Waals surface area contributed by atoms with Crippen LogP contribution in [0.4, 0.5) is 5.69 Å². The van der Waals surface area contributed by atoms with Crippen LogP contribution in [0.15, 0.2) is 22.7 Å². The molecule has 3 N–H and O–H groups in total. The Balaban J connectivity index is 2.77. The third-order valence-electron chi connectivity index (χ3n) is 0.657. The summed E-state index contributed by atoms with van der Waals surface area (Å²) in [5.74, 6) is 4.74. The van der Waals surface area contributed by atoms with Gasteiger partial charge < -0.3 is 5.84 Å². The van der Waals surface area contributed by atoms with Gasteiger partial charge in [0.25, 0.3) is 0 Å². The van der Waals surface area contributed by atoms with Crippen LogP contribution in [0.3, 0.4) is 0 Å². The molecule has 0 aliphatic heterocycles. The van der Waals surface area contributed by atoms with Crippen molar-refractivity contribution in [1.29, 1.82) is 0 Å². The highest BCUT2D eigenvalue weighted by Crippen LogP contribution is 2.04. The molecule has 0 unspecified atom stereocenters.